The standard InChI is InChI=1S/C29H58N2/c1-4-7-10-12-14-15-16-17-18-19-21-23-26-31-28-27-30(29(31)24-9-6-3)25-22-20-13-11-8-5-2/h27-29H,4-26H2,1-3H3. The summed E-state index contributed by atoms with van der Waals surface area (Å²) in [6.07, 6.45) is 35.1. The predicted molar refractivity (Wildman–Crippen MR) is 140 cm³/mol. The normalized spacial score (nSPS) is 16.0. The maximum absolute atomic E-state index is 2.66. The summed E-state index contributed by atoms with van der Waals surface area (Å²) in [6, 6.07) is 0. The first kappa shape index (κ1) is 28.4. The molecule has 184 valence electrons. The lowest BCUT2D eigenvalue weighted by Crippen LogP contribution is -2.39. The average Bonchev–Trinajstić information content (AvgIpc) is 3.16. The second-order valence-corrected chi connectivity index (χ2v) is 10.1. The molecule has 0 saturated heterocycles. The van der Waals surface area contributed by atoms with E-state index in [1.165, 1.54) is 148 Å². The summed E-state index contributed by atoms with van der Waals surface area (Å²) in [5, 5.41) is 0. The molecule has 31 heavy (non-hydrogen) atoms. The van der Waals surface area contributed by atoms with Gasteiger partial charge in [0.25, 0.3) is 0 Å². The Bertz CT molecular complexity index is 392. The fourth-order valence-electron chi connectivity index (χ4n) is 4.94. The van der Waals surface area contributed by atoms with Gasteiger partial charge >= 0.3 is 0 Å². The van der Waals surface area contributed by atoms with Crippen LogP contribution in [0.4, 0.5) is 0 Å². The van der Waals surface area contributed by atoms with E-state index < -0.39 is 0 Å². The lowest BCUT2D eigenvalue weighted by Gasteiger charge is -2.33. The Morgan fingerprint density at radius 1 is 0.419 bits per heavy atom. The monoisotopic (exact) mass is 434 g/mol. The van der Waals surface area contributed by atoms with Gasteiger partial charge in [-0.3, -0.25) is 0 Å². The summed E-state index contributed by atoms with van der Waals surface area (Å²) in [4.78, 5) is 5.30. The highest BCUT2D eigenvalue weighted by molar-refractivity contribution is 4.96. The molecule has 0 aromatic rings. The third-order valence-corrected chi connectivity index (χ3v) is 7.07. The Balaban J connectivity index is 2.08. The molecule has 1 unspecified atom stereocenters. The summed E-state index contributed by atoms with van der Waals surface area (Å²) < 4.78 is 0. The minimum atomic E-state index is 0.642. The molecule has 1 rings (SSSR count). The van der Waals surface area contributed by atoms with Crippen molar-refractivity contribution >= 4 is 0 Å². The average molecular weight is 435 g/mol. The Kier molecular flexibility index (Phi) is 19.4. The second-order valence-electron chi connectivity index (χ2n) is 10.1. The molecule has 0 aromatic carbocycles. The topological polar surface area (TPSA) is 6.48 Å². The molecule has 0 amide bonds. The molecule has 0 radical (unpaired) electrons. The van der Waals surface area contributed by atoms with Crippen molar-refractivity contribution in [1.29, 1.82) is 0 Å². The Labute approximate surface area is 197 Å². The van der Waals surface area contributed by atoms with Crippen LogP contribution in [-0.2, 0) is 0 Å². The molecule has 0 spiro atoms. The van der Waals surface area contributed by atoms with Gasteiger partial charge in [-0.15, -0.1) is 0 Å². The summed E-state index contributed by atoms with van der Waals surface area (Å²) in [6.45, 7) is 9.45. The zero-order valence-corrected chi connectivity index (χ0v) is 21.9. The molecule has 0 aliphatic carbocycles. The molecular weight excluding hydrogens is 376 g/mol. The van der Waals surface area contributed by atoms with Crippen LogP contribution in [0.2, 0.25) is 0 Å². The van der Waals surface area contributed by atoms with E-state index in [4.69, 9.17) is 0 Å². The van der Waals surface area contributed by atoms with Crippen LogP contribution in [0.1, 0.15) is 156 Å². The summed E-state index contributed by atoms with van der Waals surface area (Å²) in [5.74, 6) is 0. The van der Waals surface area contributed by atoms with Crippen molar-refractivity contribution in [3.8, 4) is 0 Å². The van der Waals surface area contributed by atoms with Crippen molar-refractivity contribution in [1.82, 2.24) is 9.80 Å². The van der Waals surface area contributed by atoms with Crippen LogP contribution in [-0.4, -0.2) is 29.1 Å². The van der Waals surface area contributed by atoms with Gasteiger partial charge in [-0.2, -0.15) is 0 Å². The minimum Gasteiger partial charge on any atom is -0.356 e. The maximum Gasteiger partial charge on any atom is 0.101 e. The lowest BCUT2D eigenvalue weighted by molar-refractivity contribution is 0.136. The molecule has 0 bridgehead atoms. The van der Waals surface area contributed by atoms with Crippen LogP contribution < -0.4 is 0 Å². The van der Waals surface area contributed by atoms with Gasteiger partial charge in [-0.25, -0.2) is 0 Å². The number of unbranched alkanes of at least 4 members (excludes halogenated alkanes) is 17. The summed E-state index contributed by atoms with van der Waals surface area (Å²) in [5.41, 5.74) is 0. The largest absolute Gasteiger partial charge is 0.356 e. The van der Waals surface area contributed by atoms with Crippen molar-refractivity contribution in [3.63, 3.8) is 0 Å². The number of rotatable bonds is 23. The first-order valence-corrected chi connectivity index (χ1v) is 14.5. The highest BCUT2D eigenvalue weighted by atomic mass is 15.4. The first-order valence-electron chi connectivity index (χ1n) is 14.5. The highest BCUT2D eigenvalue weighted by Gasteiger charge is 2.24. The third kappa shape index (κ3) is 14.9. The molecule has 1 heterocycles. The van der Waals surface area contributed by atoms with Crippen LogP contribution in [0, 0.1) is 0 Å². The molecule has 0 saturated carbocycles. The van der Waals surface area contributed by atoms with E-state index in [-0.39, 0.29) is 0 Å². The van der Waals surface area contributed by atoms with Gasteiger partial charge in [-0.1, -0.05) is 130 Å². The number of hydrogen-bond donors (Lipinski definition) is 0. The van der Waals surface area contributed by atoms with E-state index in [1.807, 2.05) is 0 Å². The molecule has 2 heteroatoms. The van der Waals surface area contributed by atoms with E-state index in [0.29, 0.717) is 6.17 Å². The van der Waals surface area contributed by atoms with Crippen LogP contribution in [0.15, 0.2) is 12.4 Å². The number of nitrogens with zero attached hydrogens (tertiary/aromatic N) is 2. The van der Waals surface area contributed by atoms with E-state index in [9.17, 15) is 0 Å². The fraction of sp³-hybridized carbons (Fsp3) is 0.931. The predicted octanol–water partition coefficient (Wildman–Crippen LogP) is 9.65. The van der Waals surface area contributed by atoms with Crippen molar-refractivity contribution in [2.75, 3.05) is 13.1 Å². The maximum atomic E-state index is 2.66. The second kappa shape index (κ2) is 21.2. The SMILES string of the molecule is CCCCCCCCCCCCCCN1C=CN(CCCCCCCC)C1CCCC. The molecular formula is C29H58N2. The van der Waals surface area contributed by atoms with Gasteiger partial charge in [0.05, 0.1) is 0 Å². The molecule has 1 atom stereocenters. The Morgan fingerprint density at radius 2 is 0.742 bits per heavy atom. The van der Waals surface area contributed by atoms with Gasteiger partial charge in [0.1, 0.15) is 6.17 Å². The van der Waals surface area contributed by atoms with Crippen LogP contribution in [0.3, 0.4) is 0 Å². The van der Waals surface area contributed by atoms with Gasteiger partial charge in [-0.05, 0) is 25.7 Å². The summed E-state index contributed by atoms with van der Waals surface area (Å²) in [7, 11) is 0. The first-order chi connectivity index (χ1) is 15.3. The van der Waals surface area contributed by atoms with Crippen LogP contribution >= 0.6 is 0 Å². The van der Waals surface area contributed by atoms with Crippen LogP contribution in [0.25, 0.3) is 0 Å². The zero-order chi connectivity index (χ0) is 22.4. The van der Waals surface area contributed by atoms with Crippen molar-refractivity contribution in [2.45, 2.75) is 162 Å². The van der Waals surface area contributed by atoms with Gasteiger partial charge in [0, 0.05) is 25.5 Å². The zero-order valence-electron chi connectivity index (χ0n) is 21.9. The molecule has 0 aromatic heterocycles. The molecule has 0 N–H and O–H groups in total. The molecule has 0 fully saturated rings. The Morgan fingerprint density at radius 3 is 1.10 bits per heavy atom. The Hall–Kier alpha value is -0.660. The fourth-order valence-corrected chi connectivity index (χ4v) is 4.94. The van der Waals surface area contributed by atoms with Gasteiger partial charge < -0.3 is 9.80 Å². The lowest BCUT2D eigenvalue weighted by atomic mass is 10.1. The van der Waals surface area contributed by atoms with Gasteiger partial charge in [0.2, 0.25) is 0 Å². The molecule has 1 aliphatic heterocycles. The third-order valence-electron chi connectivity index (χ3n) is 7.07. The number of hydrogen-bond acceptors (Lipinski definition) is 2. The van der Waals surface area contributed by atoms with Crippen LogP contribution in [0.5, 0.6) is 0 Å². The van der Waals surface area contributed by atoms with Crippen molar-refractivity contribution in [2.24, 2.45) is 0 Å². The van der Waals surface area contributed by atoms with E-state index in [1.54, 1.807) is 0 Å². The summed E-state index contributed by atoms with van der Waals surface area (Å²) >= 11 is 0. The quantitative estimate of drug-likeness (QED) is 0.148. The highest BCUT2D eigenvalue weighted by Crippen LogP contribution is 2.23. The van der Waals surface area contributed by atoms with Gasteiger partial charge in [0.15, 0.2) is 0 Å². The molecule has 1 aliphatic rings. The van der Waals surface area contributed by atoms with Crippen molar-refractivity contribution < 1.29 is 0 Å². The molecule has 2 nitrogen and oxygen atoms in total. The van der Waals surface area contributed by atoms with Crippen molar-refractivity contribution in [3.05, 3.63) is 12.4 Å². The minimum absolute atomic E-state index is 0.642. The smallest absolute Gasteiger partial charge is 0.101 e. The van der Waals surface area contributed by atoms with E-state index >= 15 is 0 Å². The van der Waals surface area contributed by atoms with E-state index in [2.05, 4.69) is 43.0 Å². The van der Waals surface area contributed by atoms with E-state index in [0.717, 1.165) is 0 Å².